The largest absolute Gasteiger partial charge is 0.243 e. The van der Waals surface area contributed by atoms with Crippen molar-refractivity contribution in [2.45, 2.75) is 18.2 Å². The Labute approximate surface area is 105 Å². The van der Waals surface area contributed by atoms with Crippen molar-refractivity contribution in [3.05, 3.63) is 29.8 Å². The van der Waals surface area contributed by atoms with Gasteiger partial charge in [0.15, 0.2) is 11.6 Å². The molecule has 0 amide bonds. The summed E-state index contributed by atoms with van der Waals surface area (Å²) in [6.45, 7) is 1.78. The zero-order chi connectivity index (χ0) is 13.8. The maximum absolute atomic E-state index is 13.0. The van der Waals surface area contributed by atoms with Crippen LogP contribution < -0.4 is 0 Å². The number of hydrogen-bond acceptors (Lipinski definition) is 3. The second-order valence-electron chi connectivity index (χ2n) is 3.48. The van der Waals surface area contributed by atoms with Gasteiger partial charge in [-0.25, -0.2) is 17.2 Å². The number of nitrogens with zero attached hydrogens (tertiary/aromatic N) is 2. The second-order valence-corrected chi connectivity index (χ2v) is 5.42. The van der Waals surface area contributed by atoms with Crippen LogP contribution in [-0.4, -0.2) is 25.8 Å². The third-order valence-electron chi connectivity index (χ3n) is 2.35. The highest BCUT2D eigenvalue weighted by molar-refractivity contribution is 7.89. The molecule has 1 aromatic carbocycles. The molecule has 0 fully saturated rings. The van der Waals surface area contributed by atoms with Crippen LogP contribution in [0.4, 0.5) is 8.78 Å². The van der Waals surface area contributed by atoms with Crippen LogP contribution in [0.2, 0.25) is 0 Å². The summed E-state index contributed by atoms with van der Waals surface area (Å²) in [4.78, 5) is -0.318. The van der Waals surface area contributed by atoms with Crippen LogP contribution in [-0.2, 0) is 10.0 Å². The van der Waals surface area contributed by atoms with Crippen LogP contribution in [0.1, 0.15) is 13.3 Å². The molecule has 1 rings (SSSR count). The van der Waals surface area contributed by atoms with E-state index in [9.17, 15) is 17.2 Å². The zero-order valence-corrected chi connectivity index (χ0v) is 10.5. The third-order valence-corrected chi connectivity index (χ3v) is 4.32. The minimum atomic E-state index is -3.89. The topological polar surface area (TPSA) is 61.2 Å². The molecule has 0 saturated heterocycles. The molecule has 4 nitrogen and oxygen atoms in total. The van der Waals surface area contributed by atoms with E-state index in [1.54, 1.807) is 6.92 Å². The average Bonchev–Trinajstić information content (AvgIpc) is 2.33. The summed E-state index contributed by atoms with van der Waals surface area (Å²) in [6.07, 6.45) is 0.0384. The molecule has 0 atom stereocenters. The lowest BCUT2D eigenvalue weighted by atomic mass is 10.3. The number of hydrogen-bond donors (Lipinski definition) is 0. The minimum absolute atomic E-state index is 0.0222. The van der Waals surface area contributed by atoms with Gasteiger partial charge in [0.1, 0.15) is 0 Å². The summed E-state index contributed by atoms with van der Waals surface area (Å²) in [5.41, 5.74) is 0. The second kappa shape index (κ2) is 5.89. The summed E-state index contributed by atoms with van der Waals surface area (Å²) >= 11 is 0. The summed E-state index contributed by atoms with van der Waals surface area (Å²) in [5.74, 6) is -2.32. The molecule has 0 spiro atoms. The van der Waals surface area contributed by atoms with E-state index in [1.165, 1.54) is 0 Å². The van der Waals surface area contributed by atoms with Crippen LogP contribution >= 0.6 is 0 Å². The van der Waals surface area contributed by atoms with Crippen molar-refractivity contribution in [3.63, 3.8) is 0 Å². The molecule has 0 radical (unpaired) electrons. The Balaban J connectivity index is 3.11. The molecular weight excluding hydrogens is 262 g/mol. The monoisotopic (exact) mass is 274 g/mol. The fourth-order valence-electron chi connectivity index (χ4n) is 1.41. The Bertz CT molecular complexity index is 567. The highest BCUT2D eigenvalue weighted by Gasteiger charge is 2.23. The Morgan fingerprint density at radius 1 is 1.33 bits per heavy atom. The lowest BCUT2D eigenvalue weighted by molar-refractivity contribution is 0.433. The van der Waals surface area contributed by atoms with Crippen LogP contribution in [0.25, 0.3) is 0 Å². The van der Waals surface area contributed by atoms with Crippen molar-refractivity contribution in [2.75, 3.05) is 13.1 Å². The standard InChI is InChI=1S/C11H12F2N2O2S/c1-2-15(7-3-6-14)18(16,17)9-4-5-10(12)11(13)8-9/h4-5,8H,2-3,7H2,1H3. The molecule has 0 bridgehead atoms. The van der Waals surface area contributed by atoms with E-state index in [0.717, 1.165) is 16.4 Å². The predicted molar refractivity (Wildman–Crippen MR) is 61.0 cm³/mol. The van der Waals surface area contributed by atoms with Gasteiger partial charge in [-0.15, -0.1) is 0 Å². The summed E-state index contributed by atoms with van der Waals surface area (Å²) in [5, 5.41) is 8.45. The fraction of sp³-hybridized carbons (Fsp3) is 0.364. The lowest BCUT2D eigenvalue weighted by Crippen LogP contribution is -2.31. The van der Waals surface area contributed by atoms with Gasteiger partial charge in [-0.2, -0.15) is 9.57 Å². The summed E-state index contributed by atoms with van der Waals surface area (Å²) < 4.78 is 50.9. The number of benzene rings is 1. The van der Waals surface area contributed by atoms with Gasteiger partial charge >= 0.3 is 0 Å². The van der Waals surface area contributed by atoms with E-state index in [1.807, 2.05) is 6.07 Å². The molecule has 18 heavy (non-hydrogen) atoms. The lowest BCUT2D eigenvalue weighted by Gasteiger charge is -2.19. The minimum Gasteiger partial charge on any atom is -0.207 e. The number of halogens is 2. The van der Waals surface area contributed by atoms with E-state index >= 15 is 0 Å². The molecule has 1 aromatic rings. The highest BCUT2D eigenvalue weighted by atomic mass is 32.2. The normalized spacial score (nSPS) is 11.5. The molecule has 0 unspecified atom stereocenters. The first-order valence-electron chi connectivity index (χ1n) is 5.25. The van der Waals surface area contributed by atoms with Crippen LogP contribution in [0.3, 0.4) is 0 Å². The molecular formula is C11H12F2N2O2S. The van der Waals surface area contributed by atoms with Gasteiger partial charge in [0.2, 0.25) is 10.0 Å². The Kier molecular flexibility index (Phi) is 4.76. The predicted octanol–water partition coefficient (Wildman–Crippen LogP) is 1.89. The smallest absolute Gasteiger partial charge is 0.207 e. The van der Waals surface area contributed by atoms with Crippen molar-refractivity contribution in [1.82, 2.24) is 4.31 Å². The van der Waals surface area contributed by atoms with Gasteiger partial charge in [0, 0.05) is 19.5 Å². The van der Waals surface area contributed by atoms with Crippen molar-refractivity contribution in [1.29, 1.82) is 5.26 Å². The first-order chi connectivity index (χ1) is 8.43. The van der Waals surface area contributed by atoms with Gasteiger partial charge in [0.25, 0.3) is 0 Å². The van der Waals surface area contributed by atoms with Gasteiger partial charge in [0.05, 0.1) is 11.0 Å². The Morgan fingerprint density at radius 2 is 2.00 bits per heavy atom. The summed E-state index contributed by atoms with van der Waals surface area (Å²) in [7, 11) is -3.89. The van der Waals surface area contributed by atoms with E-state index < -0.39 is 21.7 Å². The summed E-state index contributed by atoms with van der Waals surface area (Å²) in [6, 6.07) is 4.24. The van der Waals surface area contributed by atoms with Crippen LogP contribution in [0.15, 0.2) is 23.1 Å². The first-order valence-corrected chi connectivity index (χ1v) is 6.69. The molecule has 0 aliphatic carbocycles. The molecule has 0 saturated carbocycles. The number of nitriles is 1. The number of sulfonamides is 1. The number of rotatable bonds is 5. The Morgan fingerprint density at radius 3 is 2.50 bits per heavy atom. The first kappa shape index (κ1) is 14.5. The third kappa shape index (κ3) is 3.03. The molecule has 0 aromatic heterocycles. The maximum atomic E-state index is 13.0. The SMILES string of the molecule is CCN(CCC#N)S(=O)(=O)c1ccc(F)c(F)c1. The fourth-order valence-corrected chi connectivity index (χ4v) is 2.87. The molecule has 0 aliphatic heterocycles. The van der Waals surface area contributed by atoms with Crippen LogP contribution in [0, 0.1) is 23.0 Å². The van der Waals surface area contributed by atoms with Crippen LogP contribution in [0.5, 0.6) is 0 Å². The van der Waals surface area contributed by atoms with Crippen molar-refractivity contribution in [2.24, 2.45) is 0 Å². The average molecular weight is 274 g/mol. The maximum Gasteiger partial charge on any atom is 0.243 e. The Hall–Kier alpha value is -1.52. The molecule has 7 heteroatoms. The van der Waals surface area contributed by atoms with Crippen molar-refractivity contribution in [3.8, 4) is 6.07 Å². The van der Waals surface area contributed by atoms with Gasteiger partial charge in [-0.3, -0.25) is 0 Å². The van der Waals surface area contributed by atoms with Gasteiger partial charge in [-0.05, 0) is 18.2 Å². The van der Waals surface area contributed by atoms with Gasteiger partial charge in [-0.1, -0.05) is 6.92 Å². The molecule has 0 heterocycles. The molecule has 0 N–H and O–H groups in total. The van der Waals surface area contributed by atoms with E-state index in [0.29, 0.717) is 6.07 Å². The van der Waals surface area contributed by atoms with E-state index in [-0.39, 0.29) is 24.4 Å². The molecule has 0 aliphatic rings. The van der Waals surface area contributed by atoms with E-state index in [2.05, 4.69) is 0 Å². The van der Waals surface area contributed by atoms with Crippen molar-refractivity contribution < 1.29 is 17.2 Å². The zero-order valence-electron chi connectivity index (χ0n) is 9.73. The van der Waals surface area contributed by atoms with Gasteiger partial charge < -0.3 is 0 Å². The highest BCUT2D eigenvalue weighted by Crippen LogP contribution is 2.18. The van der Waals surface area contributed by atoms with E-state index in [4.69, 9.17) is 5.26 Å². The molecule has 98 valence electrons. The van der Waals surface area contributed by atoms with Crippen molar-refractivity contribution >= 4 is 10.0 Å². The quantitative estimate of drug-likeness (QED) is 0.823.